The van der Waals surface area contributed by atoms with Crippen LogP contribution in [0, 0.1) is 5.41 Å². The van der Waals surface area contributed by atoms with E-state index in [0.29, 0.717) is 0 Å². The van der Waals surface area contributed by atoms with E-state index in [-0.39, 0.29) is 11.8 Å². The fourth-order valence-electron chi connectivity index (χ4n) is 1.51. The van der Waals surface area contributed by atoms with Gasteiger partial charge in [0.2, 0.25) is 0 Å². The van der Waals surface area contributed by atoms with E-state index in [9.17, 15) is 20.4 Å². The van der Waals surface area contributed by atoms with E-state index in [1.54, 1.807) is 0 Å². The van der Waals surface area contributed by atoms with E-state index in [1.165, 1.54) is 0 Å². The zero-order chi connectivity index (χ0) is 13.8. The van der Waals surface area contributed by atoms with Crippen LogP contribution in [0.4, 0.5) is 0 Å². The fraction of sp³-hybridized carbons (Fsp3) is 1.00. The Morgan fingerprint density at radius 1 is 0.765 bits per heavy atom. The zero-order valence-electron chi connectivity index (χ0n) is 10.5. The smallest absolute Gasteiger partial charge is 0.111 e. The van der Waals surface area contributed by atoms with Gasteiger partial charge in [0.1, 0.15) is 24.4 Å². The monoisotopic (exact) mass is 252 g/mol. The van der Waals surface area contributed by atoms with E-state index in [4.69, 9.17) is 10.2 Å². The zero-order valence-corrected chi connectivity index (χ0v) is 10.5. The molecule has 17 heavy (non-hydrogen) atoms. The minimum atomic E-state index is -1.71. The van der Waals surface area contributed by atoms with Crippen molar-refractivity contribution < 1.29 is 30.6 Å². The molecule has 0 aliphatic rings. The maximum absolute atomic E-state index is 9.66. The Bertz CT molecular complexity index is 214. The Morgan fingerprint density at radius 3 is 1.53 bits per heavy atom. The number of aliphatic hydroxyl groups is 6. The highest BCUT2D eigenvalue weighted by Gasteiger charge is 2.35. The van der Waals surface area contributed by atoms with Crippen LogP contribution >= 0.6 is 0 Å². The Hall–Kier alpha value is -0.240. The van der Waals surface area contributed by atoms with Gasteiger partial charge in [-0.1, -0.05) is 20.8 Å². The van der Waals surface area contributed by atoms with Gasteiger partial charge >= 0.3 is 0 Å². The standard InChI is InChI=1S/C11H24O6/c1-11(2,3)4-6(13)8(15)10(17)9(16)7(14)5-12/h6-10,12-17H,4-5H2,1-3H3/t6-,7+,8+,9+,10-/m0/s1. The highest BCUT2D eigenvalue weighted by Crippen LogP contribution is 2.23. The summed E-state index contributed by atoms with van der Waals surface area (Å²) in [6.45, 7) is 4.83. The van der Waals surface area contributed by atoms with Crippen molar-refractivity contribution in [1.82, 2.24) is 0 Å². The summed E-state index contributed by atoms with van der Waals surface area (Å²) in [4.78, 5) is 0. The van der Waals surface area contributed by atoms with Crippen LogP contribution in [0.15, 0.2) is 0 Å². The highest BCUT2D eigenvalue weighted by molar-refractivity contribution is 4.86. The Labute approximate surface area is 101 Å². The van der Waals surface area contributed by atoms with Gasteiger partial charge in [-0.3, -0.25) is 0 Å². The molecule has 0 saturated carbocycles. The van der Waals surface area contributed by atoms with Crippen LogP contribution in [0.5, 0.6) is 0 Å². The molecule has 0 aromatic rings. The summed E-state index contributed by atoms with van der Waals surface area (Å²) in [5.74, 6) is 0. The molecule has 0 amide bonds. The summed E-state index contributed by atoms with van der Waals surface area (Å²) in [6, 6.07) is 0. The molecule has 0 aliphatic heterocycles. The fourth-order valence-corrected chi connectivity index (χ4v) is 1.51. The van der Waals surface area contributed by atoms with Crippen molar-refractivity contribution in [3.63, 3.8) is 0 Å². The van der Waals surface area contributed by atoms with Crippen molar-refractivity contribution in [3.05, 3.63) is 0 Å². The van der Waals surface area contributed by atoms with Crippen LogP contribution in [0.1, 0.15) is 27.2 Å². The molecular weight excluding hydrogens is 228 g/mol. The van der Waals surface area contributed by atoms with Gasteiger partial charge in [0.05, 0.1) is 12.7 Å². The predicted octanol–water partition coefficient (Wildman–Crippen LogP) is -1.78. The quantitative estimate of drug-likeness (QED) is 0.332. The number of rotatable bonds is 6. The molecule has 0 fully saturated rings. The summed E-state index contributed by atoms with van der Waals surface area (Å²) < 4.78 is 0. The van der Waals surface area contributed by atoms with Crippen molar-refractivity contribution in [3.8, 4) is 0 Å². The second-order valence-corrected chi connectivity index (χ2v) is 5.55. The topological polar surface area (TPSA) is 121 Å². The van der Waals surface area contributed by atoms with Gasteiger partial charge in [0.15, 0.2) is 0 Å². The maximum Gasteiger partial charge on any atom is 0.111 e. The molecule has 0 bridgehead atoms. The Kier molecular flexibility index (Phi) is 6.53. The summed E-state index contributed by atoms with van der Waals surface area (Å²) in [5, 5.41) is 55.9. The molecule has 0 heterocycles. The lowest BCUT2D eigenvalue weighted by molar-refractivity contribution is -0.144. The summed E-state index contributed by atoms with van der Waals surface area (Å²) in [6.07, 6.45) is -7.54. The second kappa shape index (κ2) is 6.63. The normalized spacial score (nSPS) is 21.7. The molecule has 6 heteroatoms. The van der Waals surface area contributed by atoms with E-state index in [1.807, 2.05) is 20.8 Å². The van der Waals surface area contributed by atoms with Crippen LogP contribution in [0.3, 0.4) is 0 Å². The first-order chi connectivity index (χ1) is 7.60. The van der Waals surface area contributed by atoms with E-state index < -0.39 is 37.1 Å². The molecule has 0 aromatic heterocycles. The maximum atomic E-state index is 9.66. The lowest BCUT2D eigenvalue weighted by atomic mass is 9.85. The Morgan fingerprint density at radius 2 is 1.18 bits per heavy atom. The first-order valence-electron chi connectivity index (χ1n) is 5.61. The molecule has 0 unspecified atom stereocenters. The van der Waals surface area contributed by atoms with Gasteiger partial charge in [-0.05, 0) is 11.8 Å². The lowest BCUT2D eigenvalue weighted by Gasteiger charge is -2.31. The van der Waals surface area contributed by atoms with Gasteiger partial charge in [-0.2, -0.15) is 0 Å². The second-order valence-electron chi connectivity index (χ2n) is 5.55. The molecule has 5 atom stereocenters. The molecule has 6 nitrogen and oxygen atoms in total. The van der Waals surface area contributed by atoms with Crippen molar-refractivity contribution in [2.45, 2.75) is 57.7 Å². The average molecular weight is 252 g/mol. The van der Waals surface area contributed by atoms with Gasteiger partial charge in [0.25, 0.3) is 0 Å². The highest BCUT2D eigenvalue weighted by atomic mass is 16.4. The van der Waals surface area contributed by atoms with Crippen molar-refractivity contribution in [1.29, 1.82) is 0 Å². The largest absolute Gasteiger partial charge is 0.394 e. The van der Waals surface area contributed by atoms with Crippen LogP contribution in [0.25, 0.3) is 0 Å². The van der Waals surface area contributed by atoms with Crippen LogP contribution < -0.4 is 0 Å². The Balaban J connectivity index is 4.43. The minimum Gasteiger partial charge on any atom is -0.394 e. The predicted molar refractivity (Wildman–Crippen MR) is 61.2 cm³/mol. The molecule has 0 rings (SSSR count). The third-order valence-electron chi connectivity index (χ3n) is 2.50. The van der Waals surface area contributed by atoms with Gasteiger partial charge in [-0.25, -0.2) is 0 Å². The first-order valence-corrected chi connectivity index (χ1v) is 5.61. The summed E-state index contributed by atoms with van der Waals surface area (Å²) in [5.41, 5.74) is -0.249. The van der Waals surface area contributed by atoms with Gasteiger partial charge < -0.3 is 30.6 Å². The van der Waals surface area contributed by atoms with E-state index in [2.05, 4.69) is 0 Å². The van der Waals surface area contributed by atoms with Crippen LogP contribution in [-0.4, -0.2) is 67.8 Å². The molecular formula is C11H24O6. The summed E-state index contributed by atoms with van der Waals surface area (Å²) in [7, 11) is 0. The van der Waals surface area contributed by atoms with Gasteiger partial charge in [-0.15, -0.1) is 0 Å². The number of aliphatic hydroxyl groups excluding tert-OH is 6. The molecule has 0 saturated heterocycles. The molecule has 0 aromatic carbocycles. The number of hydrogen-bond acceptors (Lipinski definition) is 6. The molecule has 104 valence electrons. The molecule has 0 spiro atoms. The molecule has 0 aliphatic carbocycles. The number of hydrogen-bond donors (Lipinski definition) is 6. The van der Waals surface area contributed by atoms with Gasteiger partial charge in [0, 0.05) is 0 Å². The third-order valence-corrected chi connectivity index (χ3v) is 2.50. The average Bonchev–Trinajstić information content (AvgIpc) is 2.22. The van der Waals surface area contributed by atoms with Crippen molar-refractivity contribution in [2.24, 2.45) is 5.41 Å². The van der Waals surface area contributed by atoms with E-state index in [0.717, 1.165) is 0 Å². The third kappa shape index (κ3) is 5.76. The lowest BCUT2D eigenvalue weighted by Crippen LogP contribution is -2.50. The molecule has 0 radical (unpaired) electrons. The molecule has 6 N–H and O–H groups in total. The van der Waals surface area contributed by atoms with Crippen molar-refractivity contribution in [2.75, 3.05) is 6.61 Å². The van der Waals surface area contributed by atoms with Crippen LogP contribution in [-0.2, 0) is 0 Å². The van der Waals surface area contributed by atoms with Crippen molar-refractivity contribution >= 4 is 0 Å². The first kappa shape index (κ1) is 16.8. The van der Waals surface area contributed by atoms with Crippen LogP contribution in [0.2, 0.25) is 0 Å². The summed E-state index contributed by atoms with van der Waals surface area (Å²) >= 11 is 0. The SMILES string of the molecule is CC(C)(C)C[C@H](O)[C@@H](O)[C@H](O)[C@H](O)[C@H](O)CO. The minimum absolute atomic E-state index is 0.229. The van der Waals surface area contributed by atoms with E-state index >= 15 is 0 Å².